The Morgan fingerprint density at radius 3 is 2.53 bits per heavy atom. The quantitative estimate of drug-likeness (QED) is 0.892. The number of hydrogen-bond acceptors (Lipinski definition) is 2. The van der Waals surface area contributed by atoms with Gasteiger partial charge in [0, 0.05) is 6.61 Å². The van der Waals surface area contributed by atoms with Crippen molar-refractivity contribution in [1.29, 1.82) is 0 Å². The van der Waals surface area contributed by atoms with E-state index in [2.05, 4.69) is 0 Å². The van der Waals surface area contributed by atoms with Crippen LogP contribution in [0.2, 0.25) is 0 Å². The van der Waals surface area contributed by atoms with Gasteiger partial charge in [0.25, 0.3) is 0 Å². The van der Waals surface area contributed by atoms with E-state index in [9.17, 15) is 13.2 Å². The van der Waals surface area contributed by atoms with Crippen LogP contribution in [0, 0.1) is 0 Å². The van der Waals surface area contributed by atoms with Gasteiger partial charge in [-0.25, -0.2) is 0 Å². The Labute approximate surface area is 110 Å². The Morgan fingerprint density at radius 2 is 1.95 bits per heavy atom. The molecule has 2 N–H and O–H groups in total. The third kappa shape index (κ3) is 2.92. The van der Waals surface area contributed by atoms with Crippen molar-refractivity contribution in [3.63, 3.8) is 0 Å². The predicted molar refractivity (Wildman–Crippen MR) is 66.6 cm³/mol. The van der Waals surface area contributed by atoms with Crippen LogP contribution in [0.4, 0.5) is 13.2 Å². The number of benzene rings is 1. The van der Waals surface area contributed by atoms with Crippen molar-refractivity contribution in [1.82, 2.24) is 0 Å². The second-order valence-corrected chi connectivity index (χ2v) is 5.18. The van der Waals surface area contributed by atoms with E-state index >= 15 is 0 Å². The van der Waals surface area contributed by atoms with Crippen LogP contribution in [0.15, 0.2) is 24.3 Å². The summed E-state index contributed by atoms with van der Waals surface area (Å²) < 4.78 is 44.7. The standard InChI is InChI=1S/C14H18F3NO/c1-13(8-4-5-9-19-13)12(18)10-6-2-3-7-11(10)14(15,16)17/h2-3,6-7,12H,4-5,8-9,18H2,1H3. The molecule has 0 aromatic heterocycles. The zero-order chi connectivity index (χ0) is 14.1. The Hall–Kier alpha value is -1.07. The first-order valence-electron chi connectivity index (χ1n) is 6.40. The molecule has 1 fully saturated rings. The topological polar surface area (TPSA) is 35.2 Å². The minimum atomic E-state index is -4.39. The molecule has 0 bridgehead atoms. The molecule has 0 spiro atoms. The second kappa shape index (κ2) is 5.13. The smallest absolute Gasteiger partial charge is 0.373 e. The number of ether oxygens (including phenoxy) is 1. The largest absolute Gasteiger partial charge is 0.416 e. The van der Waals surface area contributed by atoms with E-state index in [4.69, 9.17) is 10.5 Å². The molecule has 19 heavy (non-hydrogen) atoms. The minimum Gasteiger partial charge on any atom is -0.373 e. The van der Waals surface area contributed by atoms with Crippen LogP contribution < -0.4 is 5.73 Å². The van der Waals surface area contributed by atoms with Crippen LogP contribution >= 0.6 is 0 Å². The van der Waals surface area contributed by atoms with Gasteiger partial charge in [-0.05, 0) is 37.8 Å². The normalized spacial score (nSPS) is 26.2. The third-order valence-corrected chi connectivity index (χ3v) is 3.76. The summed E-state index contributed by atoms with van der Waals surface area (Å²) in [6.45, 7) is 2.35. The lowest BCUT2D eigenvalue weighted by Crippen LogP contribution is -2.44. The highest BCUT2D eigenvalue weighted by molar-refractivity contribution is 5.34. The fraction of sp³-hybridized carbons (Fsp3) is 0.571. The van der Waals surface area contributed by atoms with E-state index in [1.807, 2.05) is 0 Å². The van der Waals surface area contributed by atoms with Crippen LogP contribution in [0.25, 0.3) is 0 Å². The highest BCUT2D eigenvalue weighted by atomic mass is 19.4. The van der Waals surface area contributed by atoms with Crippen molar-refractivity contribution in [2.75, 3.05) is 6.61 Å². The molecule has 106 valence electrons. The van der Waals surface area contributed by atoms with Crippen LogP contribution in [0.5, 0.6) is 0 Å². The van der Waals surface area contributed by atoms with E-state index in [-0.39, 0.29) is 5.56 Å². The maximum atomic E-state index is 13.0. The molecule has 1 aliphatic heterocycles. The molecule has 1 saturated heterocycles. The lowest BCUT2D eigenvalue weighted by molar-refractivity contribution is -0.139. The predicted octanol–water partition coefficient (Wildman–Crippen LogP) is 3.66. The maximum Gasteiger partial charge on any atom is 0.416 e. The summed E-state index contributed by atoms with van der Waals surface area (Å²) in [5, 5.41) is 0. The first-order chi connectivity index (χ1) is 8.84. The second-order valence-electron chi connectivity index (χ2n) is 5.18. The van der Waals surface area contributed by atoms with Gasteiger partial charge in [0.1, 0.15) is 0 Å². The average Bonchev–Trinajstić information content (AvgIpc) is 2.38. The van der Waals surface area contributed by atoms with Gasteiger partial charge in [-0.3, -0.25) is 0 Å². The van der Waals surface area contributed by atoms with Crippen molar-refractivity contribution in [3.8, 4) is 0 Å². The summed E-state index contributed by atoms with van der Waals surface area (Å²) in [4.78, 5) is 0. The highest BCUT2D eigenvalue weighted by Gasteiger charge is 2.41. The van der Waals surface area contributed by atoms with Gasteiger partial charge < -0.3 is 10.5 Å². The van der Waals surface area contributed by atoms with Crippen LogP contribution in [0.1, 0.15) is 43.4 Å². The molecule has 0 radical (unpaired) electrons. The molecule has 1 aromatic rings. The highest BCUT2D eigenvalue weighted by Crippen LogP contribution is 2.40. The molecule has 1 heterocycles. The molecular weight excluding hydrogens is 255 g/mol. The molecule has 0 aliphatic carbocycles. The van der Waals surface area contributed by atoms with Gasteiger partial charge in [-0.15, -0.1) is 0 Å². The van der Waals surface area contributed by atoms with Crippen molar-refractivity contribution in [3.05, 3.63) is 35.4 Å². The Morgan fingerprint density at radius 1 is 1.26 bits per heavy atom. The molecule has 2 nitrogen and oxygen atoms in total. The molecule has 2 atom stereocenters. The Kier molecular flexibility index (Phi) is 3.87. The van der Waals surface area contributed by atoms with Gasteiger partial charge in [-0.1, -0.05) is 18.2 Å². The van der Waals surface area contributed by atoms with E-state index < -0.39 is 23.4 Å². The molecule has 0 saturated carbocycles. The van der Waals surface area contributed by atoms with E-state index in [1.54, 1.807) is 13.0 Å². The van der Waals surface area contributed by atoms with Gasteiger partial charge in [-0.2, -0.15) is 13.2 Å². The van der Waals surface area contributed by atoms with E-state index in [0.717, 1.165) is 18.9 Å². The molecule has 1 aromatic carbocycles. The first kappa shape index (κ1) is 14.3. The molecule has 2 unspecified atom stereocenters. The van der Waals surface area contributed by atoms with Gasteiger partial charge in [0.2, 0.25) is 0 Å². The van der Waals surface area contributed by atoms with Gasteiger partial charge in [0.05, 0.1) is 17.2 Å². The molecule has 0 amide bonds. The SMILES string of the molecule is CC1(C(N)c2ccccc2C(F)(F)F)CCCCO1. The molecular formula is C14H18F3NO. The number of nitrogens with two attached hydrogens (primary N) is 1. The summed E-state index contributed by atoms with van der Waals surface area (Å²) in [6, 6.07) is 4.70. The van der Waals surface area contributed by atoms with Crippen LogP contribution in [-0.4, -0.2) is 12.2 Å². The fourth-order valence-electron chi connectivity index (χ4n) is 2.56. The summed E-state index contributed by atoms with van der Waals surface area (Å²) in [6.07, 6.45) is -1.85. The zero-order valence-corrected chi connectivity index (χ0v) is 10.8. The van der Waals surface area contributed by atoms with Crippen molar-refractivity contribution < 1.29 is 17.9 Å². The summed E-state index contributed by atoms with van der Waals surface area (Å²) in [7, 11) is 0. The van der Waals surface area contributed by atoms with E-state index in [0.29, 0.717) is 13.0 Å². The zero-order valence-electron chi connectivity index (χ0n) is 10.8. The maximum absolute atomic E-state index is 13.0. The summed E-state index contributed by atoms with van der Waals surface area (Å²) in [5.74, 6) is 0. The lowest BCUT2D eigenvalue weighted by atomic mass is 9.83. The summed E-state index contributed by atoms with van der Waals surface area (Å²) >= 11 is 0. The van der Waals surface area contributed by atoms with Gasteiger partial charge >= 0.3 is 6.18 Å². The molecule has 1 aliphatic rings. The fourth-order valence-corrected chi connectivity index (χ4v) is 2.56. The molecule has 2 rings (SSSR count). The third-order valence-electron chi connectivity index (χ3n) is 3.76. The number of alkyl halides is 3. The van der Waals surface area contributed by atoms with Gasteiger partial charge in [0.15, 0.2) is 0 Å². The van der Waals surface area contributed by atoms with Crippen LogP contribution in [-0.2, 0) is 10.9 Å². The van der Waals surface area contributed by atoms with Crippen molar-refractivity contribution >= 4 is 0 Å². The lowest BCUT2D eigenvalue weighted by Gasteiger charge is -2.39. The van der Waals surface area contributed by atoms with Crippen molar-refractivity contribution in [2.24, 2.45) is 5.73 Å². The number of hydrogen-bond donors (Lipinski definition) is 1. The number of halogens is 3. The first-order valence-corrected chi connectivity index (χ1v) is 6.40. The average molecular weight is 273 g/mol. The number of rotatable bonds is 2. The monoisotopic (exact) mass is 273 g/mol. The van der Waals surface area contributed by atoms with E-state index in [1.165, 1.54) is 12.1 Å². The van der Waals surface area contributed by atoms with Crippen molar-refractivity contribution in [2.45, 2.75) is 44.0 Å². The van der Waals surface area contributed by atoms with Crippen LogP contribution in [0.3, 0.4) is 0 Å². The Bertz CT molecular complexity index is 439. The Balaban J connectivity index is 2.36. The minimum absolute atomic E-state index is 0.111. The molecule has 5 heteroatoms. The summed E-state index contributed by atoms with van der Waals surface area (Å²) in [5.41, 5.74) is 4.80.